The highest BCUT2D eigenvalue weighted by molar-refractivity contribution is 5.95. The summed E-state index contributed by atoms with van der Waals surface area (Å²) in [5, 5.41) is 0. The molecular formula is C20H26N4O4. The summed E-state index contributed by atoms with van der Waals surface area (Å²) >= 11 is 0. The van der Waals surface area contributed by atoms with E-state index in [0.717, 1.165) is 19.3 Å². The number of likely N-dealkylation sites (tertiary alicyclic amines) is 3. The van der Waals surface area contributed by atoms with Crippen LogP contribution in [0.1, 0.15) is 43.0 Å². The molecule has 8 nitrogen and oxygen atoms in total. The summed E-state index contributed by atoms with van der Waals surface area (Å²) < 4.78 is 5.07. The van der Waals surface area contributed by atoms with Crippen molar-refractivity contribution in [1.29, 1.82) is 0 Å². The summed E-state index contributed by atoms with van der Waals surface area (Å²) in [4.78, 5) is 47.1. The van der Waals surface area contributed by atoms with Gasteiger partial charge in [-0.3, -0.25) is 14.6 Å². The molecule has 0 saturated carbocycles. The summed E-state index contributed by atoms with van der Waals surface area (Å²) in [7, 11) is 0. The first kappa shape index (κ1) is 18.7. The number of fused-ring (bicyclic) bond motifs is 1. The van der Waals surface area contributed by atoms with Crippen LogP contribution in [0.5, 0.6) is 0 Å². The van der Waals surface area contributed by atoms with Crippen molar-refractivity contribution in [3.63, 3.8) is 0 Å². The number of carbonyl (C=O) groups is 3. The van der Waals surface area contributed by atoms with E-state index in [4.69, 9.17) is 4.74 Å². The number of rotatable bonds is 3. The Morgan fingerprint density at radius 2 is 1.96 bits per heavy atom. The molecule has 28 heavy (non-hydrogen) atoms. The quantitative estimate of drug-likeness (QED) is 0.787. The predicted octanol–water partition coefficient (Wildman–Crippen LogP) is 1.52. The van der Waals surface area contributed by atoms with Crippen LogP contribution in [0.3, 0.4) is 0 Å². The molecule has 3 amide bonds. The highest BCUT2D eigenvalue weighted by atomic mass is 16.6. The second kappa shape index (κ2) is 7.77. The number of amides is 3. The summed E-state index contributed by atoms with van der Waals surface area (Å²) in [6, 6.07) is 3.66. The van der Waals surface area contributed by atoms with E-state index < -0.39 is 0 Å². The molecule has 0 N–H and O–H groups in total. The molecule has 1 aromatic heterocycles. The zero-order chi connectivity index (χ0) is 19.7. The van der Waals surface area contributed by atoms with Crippen LogP contribution in [0.25, 0.3) is 0 Å². The minimum absolute atomic E-state index is 0.0487. The molecule has 4 rings (SSSR count). The maximum absolute atomic E-state index is 12.9. The van der Waals surface area contributed by atoms with E-state index in [1.54, 1.807) is 36.4 Å². The van der Waals surface area contributed by atoms with Gasteiger partial charge in [0.1, 0.15) is 0 Å². The Balaban J connectivity index is 1.41. The Morgan fingerprint density at radius 3 is 2.64 bits per heavy atom. The molecule has 3 saturated heterocycles. The van der Waals surface area contributed by atoms with Gasteiger partial charge in [-0.25, -0.2) is 4.79 Å². The summed E-state index contributed by atoms with van der Waals surface area (Å²) in [5.74, 6) is 0.0700. The third-order valence-corrected chi connectivity index (χ3v) is 6.09. The minimum Gasteiger partial charge on any atom is -0.450 e. The first-order valence-corrected chi connectivity index (χ1v) is 10.0. The van der Waals surface area contributed by atoms with Crippen molar-refractivity contribution in [3.05, 3.63) is 30.1 Å². The van der Waals surface area contributed by atoms with Crippen molar-refractivity contribution >= 4 is 17.9 Å². The van der Waals surface area contributed by atoms with Crippen LogP contribution in [0.4, 0.5) is 4.79 Å². The van der Waals surface area contributed by atoms with E-state index in [1.807, 2.05) is 9.80 Å². The van der Waals surface area contributed by atoms with Crippen molar-refractivity contribution in [1.82, 2.24) is 19.7 Å². The number of hydrogen-bond acceptors (Lipinski definition) is 5. The van der Waals surface area contributed by atoms with E-state index in [0.29, 0.717) is 38.2 Å². The standard InChI is InChI=1S/C20H26N4O4/c1-2-28-20(27)22-9-5-15(6-10-22)24-16-7-11-23(17(16)12-18(24)25)19(26)14-4-3-8-21-13-14/h3-4,8,13,15-17H,2,5-7,9-12H2,1H3/t16-,17-/m0/s1. The highest BCUT2D eigenvalue weighted by Gasteiger charge is 2.50. The van der Waals surface area contributed by atoms with Crippen LogP contribution < -0.4 is 0 Å². The van der Waals surface area contributed by atoms with Crippen molar-refractivity contribution in [3.8, 4) is 0 Å². The van der Waals surface area contributed by atoms with Crippen molar-refractivity contribution in [2.45, 2.75) is 50.7 Å². The summed E-state index contributed by atoms with van der Waals surface area (Å²) in [6.07, 6.45) is 5.65. The Morgan fingerprint density at radius 1 is 1.18 bits per heavy atom. The normalized spacial score (nSPS) is 25.2. The number of ether oxygens (including phenoxy) is 1. The van der Waals surface area contributed by atoms with E-state index in [9.17, 15) is 14.4 Å². The maximum Gasteiger partial charge on any atom is 0.409 e. The summed E-state index contributed by atoms with van der Waals surface area (Å²) in [5.41, 5.74) is 0.566. The smallest absolute Gasteiger partial charge is 0.409 e. The van der Waals surface area contributed by atoms with Gasteiger partial charge in [-0.05, 0) is 38.3 Å². The van der Waals surface area contributed by atoms with Gasteiger partial charge in [0.15, 0.2) is 0 Å². The van der Waals surface area contributed by atoms with Crippen LogP contribution in [-0.4, -0.2) is 82.0 Å². The van der Waals surface area contributed by atoms with Gasteiger partial charge in [0.25, 0.3) is 5.91 Å². The second-order valence-electron chi connectivity index (χ2n) is 7.59. The fourth-order valence-electron chi connectivity index (χ4n) is 4.80. The lowest BCUT2D eigenvalue weighted by molar-refractivity contribution is -0.132. The van der Waals surface area contributed by atoms with Crippen molar-refractivity contribution < 1.29 is 19.1 Å². The predicted molar refractivity (Wildman–Crippen MR) is 101 cm³/mol. The minimum atomic E-state index is -0.277. The van der Waals surface area contributed by atoms with Crippen LogP contribution in [-0.2, 0) is 9.53 Å². The average Bonchev–Trinajstić information content (AvgIpc) is 3.26. The van der Waals surface area contributed by atoms with Gasteiger partial charge in [0, 0.05) is 44.5 Å². The van der Waals surface area contributed by atoms with E-state index >= 15 is 0 Å². The zero-order valence-electron chi connectivity index (χ0n) is 16.1. The topological polar surface area (TPSA) is 83.0 Å². The van der Waals surface area contributed by atoms with Crippen molar-refractivity contribution in [2.24, 2.45) is 0 Å². The van der Waals surface area contributed by atoms with Gasteiger partial charge in [0.05, 0.1) is 24.3 Å². The molecule has 4 heterocycles. The van der Waals surface area contributed by atoms with Gasteiger partial charge in [-0.1, -0.05) is 0 Å². The molecule has 2 atom stereocenters. The highest BCUT2D eigenvalue weighted by Crippen LogP contribution is 2.36. The van der Waals surface area contributed by atoms with Gasteiger partial charge < -0.3 is 19.4 Å². The lowest BCUT2D eigenvalue weighted by atomic mass is 10.0. The third-order valence-electron chi connectivity index (χ3n) is 6.09. The molecule has 0 aliphatic carbocycles. The Labute approximate surface area is 164 Å². The number of piperidine rings is 1. The Bertz CT molecular complexity index is 748. The molecule has 3 fully saturated rings. The molecule has 1 aromatic rings. The van der Waals surface area contributed by atoms with Gasteiger partial charge in [0.2, 0.25) is 5.91 Å². The summed E-state index contributed by atoms with van der Waals surface area (Å²) in [6.45, 7) is 4.03. The monoisotopic (exact) mass is 386 g/mol. The SMILES string of the molecule is CCOC(=O)N1CCC(N2C(=O)C[C@H]3[C@@H]2CCN3C(=O)c2cccnc2)CC1. The largest absolute Gasteiger partial charge is 0.450 e. The van der Waals surface area contributed by atoms with Crippen molar-refractivity contribution in [2.75, 3.05) is 26.2 Å². The van der Waals surface area contributed by atoms with Crippen LogP contribution in [0, 0.1) is 0 Å². The van der Waals surface area contributed by atoms with E-state index in [2.05, 4.69) is 4.98 Å². The number of aromatic nitrogens is 1. The first-order chi connectivity index (χ1) is 13.6. The third kappa shape index (κ3) is 3.31. The molecule has 0 bridgehead atoms. The lowest BCUT2D eigenvalue weighted by Crippen LogP contribution is -2.50. The molecule has 0 spiro atoms. The molecule has 0 unspecified atom stereocenters. The van der Waals surface area contributed by atoms with Crippen LogP contribution >= 0.6 is 0 Å². The number of pyridine rings is 1. The maximum atomic E-state index is 12.9. The molecular weight excluding hydrogens is 360 g/mol. The van der Waals surface area contributed by atoms with Crippen LogP contribution in [0.15, 0.2) is 24.5 Å². The average molecular weight is 386 g/mol. The molecule has 3 aliphatic heterocycles. The van der Waals surface area contributed by atoms with Gasteiger partial charge >= 0.3 is 6.09 Å². The lowest BCUT2D eigenvalue weighted by Gasteiger charge is -2.38. The molecule has 150 valence electrons. The van der Waals surface area contributed by atoms with Crippen LogP contribution in [0.2, 0.25) is 0 Å². The molecule has 3 aliphatic rings. The van der Waals surface area contributed by atoms with E-state index in [-0.39, 0.29) is 36.0 Å². The van der Waals surface area contributed by atoms with Gasteiger partial charge in [-0.15, -0.1) is 0 Å². The van der Waals surface area contributed by atoms with Gasteiger partial charge in [-0.2, -0.15) is 0 Å². The fraction of sp³-hybridized carbons (Fsp3) is 0.600. The van der Waals surface area contributed by atoms with E-state index in [1.165, 1.54) is 0 Å². The molecule has 0 aromatic carbocycles. The number of carbonyl (C=O) groups excluding carboxylic acids is 3. The number of nitrogens with zero attached hydrogens (tertiary/aromatic N) is 4. The Kier molecular flexibility index (Phi) is 5.19. The first-order valence-electron chi connectivity index (χ1n) is 10.0. The Hall–Kier alpha value is -2.64. The molecule has 0 radical (unpaired) electrons. The fourth-order valence-corrected chi connectivity index (χ4v) is 4.80. The second-order valence-corrected chi connectivity index (χ2v) is 7.59. The molecule has 8 heteroatoms. The zero-order valence-corrected chi connectivity index (χ0v) is 16.1. The number of hydrogen-bond donors (Lipinski definition) is 0.